The molecule has 0 aliphatic carbocycles. The number of nitrogens with zero attached hydrogens (tertiary/aromatic N) is 1. The number of benzene rings is 2. The molecule has 1 fully saturated rings. The summed E-state index contributed by atoms with van der Waals surface area (Å²) in [5.74, 6) is -0.949. The van der Waals surface area contributed by atoms with E-state index < -0.39 is 21.7 Å². The third-order valence-corrected chi connectivity index (χ3v) is 6.43. The van der Waals surface area contributed by atoms with Gasteiger partial charge in [0, 0.05) is 24.3 Å². The molecule has 8 heteroatoms. The standard InChI is InChI=1S/C20H23FN2O4S/c1-13-4-5-16(21)10-19(13)20(24)22-17-6-8-18(9-7-17)28(25,26)23-11-14(2)27-15(3)12-23/h4-10,14-15H,11-12H2,1-3H3,(H,22,24). The zero-order chi connectivity index (χ0) is 20.5. The third kappa shape index (κ3) is 4.40. The SMILES string of the molecule is Cc1ccc(F)cc1C(=O)Nc1ccc(S(=O)(=O)N2CC(C)OC(C)C2)cc1. The molecule has 1 N–H and O–H groups in total. The van der Waals surface area contributed by atoms with E-state index in [1.54, 1.807) is 6.92 Å². The summed E-state index contributed by atoms with van der Waals surface area (Å²) in [6.07, 6.45) is -0.349. The number of rotatable bonds is 4. The van der Waals surface area contributed by atoms with E-state index in [0.29, 0.717) is 24.3 Å². The minimum atomic E-state index is -3.65. The Labute approximate surface area is 164 Å². The van der Waals surface area contributed by atoms with Gasteiger partial charge in [-0.15, -0.1) is 0 Å². The normalized spacial score (nSPS) is 20.7. The highest BCUT2D eigenvalue weighted by atomic mass is 32.2. The smallest absolute Gasteiger partial charge is 0.256 e. The van der Waals surface area contributed by atoms with Gasteiger partial charge >= 0.3 is 0 Å². The van der Waals surface area contributed by atoms with Gasteiger partial charge in [0.25, 0.3) is 5.91 Å². The molecule has 0 bridgehead atoms. The maximum Gasteiger partial charge on any atom is 0.256 e. The van der Waals surface area contributed by atoms with Crippen molar-refractivity contribution >= 4 is 21.6 Å². The molecule has 1 amide bonds. The fraction of sp³-hybridized carbons (Fsp3) is 0.350. The second-order valence-electron chi connectivity index (χ2n) is 7.02. The molecule has 150 valence electrons. The molecule has 0 radical (unpaired) electrons. The quantitative estimate of drug-likeness (QED) is 0.846. The topological polar surface area (TPSA) is 75.7 Å². The van der Waals surface area contributed by atoms with Gasteiger partial charge in [-0.1, -0.05) is 6.07 Å². The number of aryl methyl sites for hydroxylation is 1. The number of sulfonamides is 1. The summed E-state index contributed by atoms with van der Waals surface area (Å²) < 4.78 is 46.1. The predicted molar refractivity (Wildman–Crippen MR) is 104 cm³/mol. The number of ether oxygens (including phenoxy) is 1. The fourth-order valence-electron chi connectivity index (χ4n) is 3.22. The van der Waals surface area contributed by atoms with Crippen LogP contribution in [0.15, 0.2) is 47.4 Å². The van der Waals surface area contributed by atoms with Crippen molar-refractivity contribution in [1.82, 2.24) is 4.31 Å². The van der Waals surface area contributed by atoms with E-state index in [4.69, 9.17) is 4.74 Å². The van der Waals surface area contributed by atoms with Crippen LogP contribution in [-0.2, 0) is 14.8 Å². The Hall–Kier alpha value is -2.29. The summed E-state index contributed by atoms with van der Waals surface area (Å²) in [5.41, 5.74) is 1.30. The first-order valence-electron chi connectivity index (χ1n) is 9.00. The first-order valence-corrected chi connectivity index (χ1v) is 10.4. The lowest BCUT2D eigenvalue weighted by Gasteiger charge is -2.34. The first-order chi connectivity index (χ1) is 13.2. The molecular weight excluding hydrogens is 383 g/mol. The summed E-state index contributed by atoms with van der Waals surface area (Å²) in [7, 11) is -3.65. The van der Waals surface area contributed by atoms with Crippen LogP contribution in [0.1, 0.15) is 29.8 Å². The highest BCUT2D eigenvalue weighted by Gasteiger charge is 2.32. The second kappa shape index (κ2) is 7.98. The van der Waals surface area contributed by atoms with Crippen molar-refractivity contribution in [2.24, 2.45) is 0 Å². The molecule has 2 aromatic rings. The van der Waals surface area contributed by atoms with E-state index in [9.17, 15) is 17.6 Å². The van der Waals surface area contributed by atoms with Gasteiger partial charge in [0.1, 0.15) is 5.82 Å². The number of carbonyl (C=O) groups is 1. The highest BCUT2D eigenvalue weighted by molar-refractivity contribution is 7.89. The summed E-state index contributed by atoms with van der Waals surface area (Å²) >= 11 is 0. The molecule has 28 heavy (non-hydrogen) atoms. The van der Waals surface area contributed by atoms with Gasteiger partial charge < -0.3 is 10.1 Å². The Morgan fingerprint density at radius 1 is 1.11 bits per heavy atom. The Bertz CT molecular complexity index is 966. The molecule has 1 aliphatic heterocycles. The number of morpholine rings is 1. The van der Waals surface area contributed by atoms with Crippen molar-refractivity contribution in [2.75, 3.05) is 18.4 Å². The van der Waals surface area contributed by atoms with Gasteiger partial charge in [-0.2, -0.15) is 4.31 Å². The van der Waals surface area contributed by atoms with Crippen LogP contribution < -0.4 is 5.32 Å². The minimum absolute atomic E-state index is 0.147. The maximum absolute atomic E-state index is 13.4. The summed E-state index contributed by atoms with van der Waals surface area (Å²) in [6, 6.07) is 9.94. The molecule has 2 unspecified atom stereocenters. The van der Waals surface area contributed by atoms with Crippen molar-refractivity contribution in [2.45, 2.75) is 37.9 Å². The molecule has 2 aromatic carbocycles. The van der Waals surface area contributed by atoms with Crippen LogP contribution >= 0.6 is 0 Å². The van der Waals surface area contributed by atoms with E-state index in [1.807, 2.05) is 13.8 Å². The maximum atomic E-state index is 13.4. The predicted octanol–water partition coefficient (Wildman–Crippen LogP) is 3.18. The number of anilines is 1. The number of nitrogens with one attached hydrogen (secondary N) is 1. The largest absolute Gasteiger partial charge is 0.373 e. The lowest BCUT2D eigenvalue weighted by Crippen LogP contribution is -2.48. The Morgan fingerprint density at radius 2 is 1.71 bits per heavy atom. The fourth-order valence-corrected chi connectivity index (χ4v) is 4.81. The van der Waals surface area contributed by atoms with E-state index >= 15 is 0 Å². The van der Waals surface area contributed by atoms with Crippen molar-refractivity contribution in [3.8, 4) is 0 Å². The molecule has 0 saturated carbocycles. The number of hydrogen-bond acceptors (Lipinski definition) is 4. The molecule has 1 saturated heterocycles. The molecule has 1 aliphatic rings. The zero-order valence-corrected chi connectivity index (χ0v) is 16.8. The van der Waals surface area contributed by atoms with Crippen LogP contribution in [0.4, 0.5) is 10.1 Å². The van der Waals surface area contributed by atoms with E-state index in [1.165, 1.54) is 46.8 Å². The lowest BCUT2D eigenvalue weighted by atomic mass is 10.1. The van der Waals surface area contributed by atoms with Crippen molar-refractivity contribution in [1.29, 1.82) is 0 Å². The summed E-state index contributed by atoms with van der Waals surface area (Å²) in [6.45, 7) is 5.98. The number of amides is 1. The Morgan fingerprint density at radius 3 is 2.32 bits per heavy atom. The Kier molecular flexibility index (Phi) is 5.83. The second-order valence-corrected chi connectivity index (χ2v) is 8.96. The van der Waals surface area contributed by atoms with Crippen LogP contribution in [0, 0.1) is 12.7 Å². The minimum Gasteiger partial charge on any atom is -0.373 e. The number of carbonyl (C=O) groups excluding carboxylic acids is 1. The highest BCUT2D eigenvalue weighted by Crippen LogP contribution is 2.23. The van der Waals surface area contributed by atoms with Crippen LogP contribution in [0.5, 0.6) is 0 Å². The first kappa shape index (κ1) is 20.4. The van der Waals surface area contributed by atoms with Gasteiger partial charge in [0.05, 0.1) is 17.1 Å². The van der Waals surface area contributed by atoms with Gasteiger partial charge in [-0.25, -0.2) is 12.8 Å². The number of hydrogen-bond donors (Lipinski definition) is 1. The zero-order valence-electron chi connectivity index (χ0n) is 16.0. The monoisotopic (exact) mass is 406 g/mol. The van der Waals surface area contributed by atoms with Crippen molar-refractivity contribution < 1.29 is 22.3 Å². The molecule has 6 nitrogen and oxygen atoms in total. The van der Waals surface area contributed by atoms with Gasteiger partial charge in [0.15, 0.2) is 0 Å². The molecular formula is C20H23FN2O4S. The molecule has 1 heterocycles. The number of halogens is 1. The van der Waals surface area contributed by atoms with Crippen LogP contribution in [-0.4, -0.2) is 43.9 Å². The summed E-state index contributed by atoms with van der Waals surface area (Å²) in [4.78, 5) is 12.5. The van der Waals surface area contributed by atoms with E-state index in [2.05, 4.69) is 5.32 Å². The average Bonchev–Trinajstić information content (AvgIpc) is 2.63. The van der Waals surface area contributed by atoms with E-state index in [-0.39, 0.29) is 22.7 Å². The third-order valence-electron chi connectivity index (χ3n) is 4.58. The molecule has 0 spiro atoms. The van der Waals surface area contributed by atoms with Gasteiger partial charge in [-0.3, -0.25) is 4.79 Å². The average molecular weight is 406 g/mol. The van der Waals surface area contributed by atoms with Crippen molar-refractivity contribution in [3.63, 3.8) is 0 Å². The lowest BCUT2D eigenvalue weighted by molar-refractivity contribution is -0.0440. The van der Waals surface area contributed by atoms with Crippen LogP contribution in [0.2, 0.25) is 0 Å². The Balaban J connectivity index is 1.76. The molecule has 0 aromatic heterocycles. The summed E-state index contributed by atoms with van der Waals surface area (Å²) in [5, 5.41) is 2.66. The van der Waals surface area contributed by atoms with Crippen molar-refractivity contribution in [3.05, 3.63) is 59.4 Å². The van der Waals surface area contributed by atoms with Gasteiger partial charge in [-0.05, 0) is 62.7 Å². The van der Waals surface area contributed by atoms with Gasteiger partial charge in [0.2, 0.25) is 10.0 Å². The van der Waals surface area contributed by atoms with Crippen LogP contribution in [0.3, 0.4) is 0 Å². The molecule has 3 rings (SSSR count). The van der Waals surface area contributed by atoms with Crippen LogP contribution in [0.25, 0.3) is 0 Å². The molecule has 2 atom stereocenters. The van der Waals surface area contributed by atoms with E-state index in [0.717, 1.165) is 0 Å².